The van der Waals surface area contributed by atoms with Crippen molar-refractivity contribution in [1.29, 1.82) is 0 Å². The van der Waals surface area contributed by atoms with E-state index >= 15 is 0 Å². The average Bonchev–Trinajstić information content (AvgIpc) is 2.83. The Morgan fingerprint density at radius 2 is 2.15 bits per heavy atom. The Hall–Kier alpha value is -1.75. The van der Waals surface area contributed by atoms with Crippen molar-refractivity contribution in [1.82, 2.24) is 0 Å². The number of ketones is 1. The number of anilines is 1. The fourth-order valence-electron chi connectivity index (χ4n) is 2.86. The number of halogens is 1. The van der Waals surface area contributed by atoms with Gasteiger partial charge in [-0.15, -0.1) is 0 Å². The van der Waals surface area contributed by atoms with E-state index < -0.39 is 17.5 Å². The molecule has 1 aromatic carbocycles. The van der Waals surface area contributed by atoms with Gasteiger partial charge in [-0.05, 0) is 44.9 Å². The second kappa shape index (κ2) is 4.38. The van der Waals surface area contributed by atoms with Crippen LogP contribution in [-0.4, -0.2) is 29.9 Å². The maximum Gasteiger partial charge on any atom is 0.299 e. The Kier molecular flexibility index (Phi) is 2.90. The number of hydrogen-bond donors (Lipinski definition) is 0. The van der Waals surface area contributed by atoms with Crippen molar-refractivity contribution in [2.45, 2.75) is 38.4 Å². The molecule has 0 saturated carbocycles. The lowest BCUT2D eigenvalue weighted by atomic mass is 10.1. The normalized spacial score (nSPS) is 24.4. The summed E-state index contributed by atoms with van der Waals surface area (Å²) in [6, 6.07) is 3.86. The molecule has 5 heteroatoms. The van der Waals surface area contributed by atoms with Gasteiger partial charge in [0, 0.05) is 0 Å². The lowest BCUT2D eigenvalue weighted by molar-refractivity contribution is -0.114. The Bertz CT molecular complexity index is 597. The van der Waals surface area contributed by atoms with E-state index in [0.29, 0.717) is 12.2 Å². The summed E-state index contributed by atoms with van der Waals surface area (Å²) in [6.45, 7) is 4.35. The molecule has 1 atom stereocenters. The molecular formula is C15H16FNO3. The first-order valence-corrected chi connectivity index (χ1v) is 6.71. The third-order valence-corrected chi connectivity index (χ3v) is 3.87. The van der Waals surface area contributed by atoms with E-state index in [4.69, 9.17) is 4.74 Å². The molecule has 2 aliphatic rings. The molecule has 1 aromatic rings. The molecule has 1 amide bonds. The van der Waals surface area contributed by atoms with E-state index in [9.17, 15) is 14.0 Å². The van der Waals surface area contributed by atoms with Crippen LogP contribution in [0.15, 0.2) is 18.2 Å². The minimum atomic E-state index is -0.642. The number of carbonyl (C=O) groups is 2. The molecule has 0 N–H and O–H groups in total. The van der Waals surface area contributed by atoms with Gasteiger partial charge in [0.1, 0.15) is 5.82 Å². The van der Waals surface area contributed by atoms with Crippen LogP contribution >= 0.6 is 0 Å². The zero-order valence-electron chi connectivity index (χ0n) is 11.5. The van der Waals surface area contributed by atoms with E-state index in [1.807, 2.05) is 13.8 Å². The van der Waals surface area contributed by atoms with Gasteiger partial charge in [0.05, 0.1) is 29.5 Å². The predicted molar refractivity (Wildman–Crippen MR) is 71.3 cm³/mol. The molecule has 3 rings (SSSR count). The number of fused-ring (bicyclic) bond motifs is 1. The fourth-order valence-corrected chi connectivity index (χ4v) is 2.86. The van der Waals surface area contributed by atoms with Crippen molar-refractivity contribution in [3.63, 3.8) is 0 Å². The first-order valence-electron chi connectivity index (χ1n) is 6.71. The summed E-state index contributed by atoms with van der Waals surface area (Å²) in [6.07, 6.45) is 1.68. The van der Waals surface area contributed by atoms with E-state index in [2.05, 4.69) is 0 Å². The summed E-state index contributed by atoms with van der Waals surface area (Å²) in [5.41, 5.74) is 0.435. The predicted octanol–water partition coefficient (Wildman–Crippen LogP) is 2.31. The number of carbonyl (C=O) groups excluding carboxylic acids is 2. The first-order chi connectivity index (χ1) is 9.37. The second-order valence-electron chi connectivity index (χ2n) is 5.94. The molecule has 1 fully saturated rings. The van der Waals surface area contributed by atoms with Gasteiger partial charge in [-0.1, -0.05) is 0 Å². The largest absolute Gasteiger partial charge is 0.370 e. The number of nitrogens with zero attached hydrogens (tertiary/aromatic N) is 1. The molecule has 4 nitrogen and oxygen atoms in total. The number of amides is 1. The molecule has 0 aliphatic carbocycles. The van der Waals surface area contributed by atoms with Gasteiger partial charge in [0.15, 0.2) is 0 Å². The highest BCUT2D eigenvalue weighted by molar-refractivity contribution is 6.52. The lowest BCUT2D eigenvalue weighted by Crippen LogP contribution is -2.37. The maximum atomic E-state index is 13.2. The molecule has 1 saturated heterocycles. The minimum Gasteiger partial charge on any atom is -0.370 e. The second-order valence-corrected chi connectivity index (χ2v) is 5.94. The SMILES string of the molecule is CC1(C)CCC(CN2C(=O)C(=O)c3cc(F)ccc32)O1. The summed E-state index contributed by atoms with van der Waals surface area (Å²) in [5.74, 6) is -1.75. The van der Waals surface area contributed by atoms with Crippen LogP contribution in [0.2, 0.25) is 0 Å². The van der Waals surface area contributed by atoms with Crippen LogP contribution in [0, 0.1) is 5.82 Å². The van der Waals surface area contributed by atoms with Gasteiger partial charge in [-0.3, -0.25) is 9.59 Å². The van der Waals surface area contributed by atoms with Crippen LogP contribution in [0.1, 0.15) is 37.0 Å². The summed E-state index contributed by atoms with van der Waals surface area (Å²) < 4.78 is 19.0. The van der Waals surface area contributed by atoms with Crippen LogP contribution < -0.4 is 4.90 Å². The number of ether oxygens (including phenoxy) is 1. The number of rotatable bonds is 2. The van der Waals surface area contributed by atoms with Gasteiger partial charge in [-0.25, -0.2) is 4.39 Å². The number of Topliss-reactive ketones (excluding diaryl/α,β-unsaturated/α-hetero) is 1. The Morgan fingerprint density at radius 3 is 2.80 bits per heavy atom. The highest BCUT2D eigenvalue weighted by atomic mass is 19.1. The molecule has 0 bridgehead atoms. The molecular weight excluding hydrogens is 261 g/mol. The number of benzene rings is 1. The third kappa shape index (κ3) is 2.12. The van der Waals surface area contributed by atoms with Crippen molar-refractivity contribution < 1.29 is 18.7 Å². The number of hydrogen-bond acceptors (Lipinski definition) is 3. The quantitative estimate of drug-likeness (QED) is 0.779. The molecule has 0 radical (unpaired) electrons. The maximum absolute atomic E-state index is 13.2. The van der Waals surface area contributed by atoms with E-state index in [1.54, 1.807) is 0 Å². The van der Waals surface area contributed by atoms with Gasteiger partial charge < -0.3 is 9.64 Å². The van der Waals surface area contributed by atoms with Crippen LogP contribution in [-0.2, 0) is 9.53 Å². The van der Waals surface area contributed by atoms with Gasteiger partial charge >= 0.3 is 0 Å². The smallest absolute Gasteiger partial charge is 0.299 e. The summed E-state index contributed by atoms with van der Waals surface area (Å²) in [7, 11) is 0. The average molecular weight is 277 g/mol. The van der Waals surface area contributed by atoms with Crippen LogP contribution in [0.4, 0.5) is 10.1 Å². The van der Waals surface area contributed by atoms with Crippen molar-refractivity contribution >= 4 is 17.4 Å². The van der Waals surface area contributed by atoms with E-state index in [0.717, 1.165) is 18.9 Å². The molecule has 2 aliphatic heterocycles. The first kappa shape index (κ1) is 13.2. The van der Waals surface area contributed by atoms with Crippen molar-refractivity contribution in [2.75, 3.05) is 11.4 Å². The zero-order chi connectivity index (χ0) is 14.5. The molecule has 1 unspecified atom stereocenters. The fraction of sp³-hybridized carbons (Fsp3) is 0.467. The molecule has 106 valence electrons. The highest BCUT2D eigenvalue weighted by Crippen LogP contribution is 2.34. The Balaban J connectivity index is 1.85. The summed E-state index contributed by atoms with van der Waals surface area (Å²) in [5, 5.41) is 0. The van der Waals surface area contributed by atoms with Gasteiger partial charge in [-0.2, -0.15) is 0 Å². The van der Waals surface area contributed by atoms with Crippen molar-refractivity contribution in [3.8, 4) is 0 Å². The molecule has 20 heavy (non-hydrogen) atoms. The summed E-state index contributed by atoms with van der Waals surface area (Å²) in [4.78, 5) is 25.3. The Labute approximate surface area is 116 Å². The molecule has 0 aromatic heterocycles. The van der Waals surface area contributed by atoms with E-state index in [1.165, 1.54) is 17.0 Å². The van der Waals surface area contributed by atoms with Crippen LogP contribution in [0.5, 0.6) is 0 Å². The van der Waals surface area contributed by atoms with Gasteiger partial charge in [0.25, 0.3) is 11.7 Å². The molecule has 0 spiro atoms. The van der Waals surface area contributed by atoms with Crippen molar-refractivity contribution in [2.24, 2.45) is 0 Å². The Morgan fingerprint density at radius 1 is 1.40 bits per heavy atom. The molecule has 2 heterocycles. The van der Waals surface area contributed by atoms with Crippen LogP contribution in [0.3, 0.4) is 0 Å². The van der Waals surface area contributed by atoms with E-state index in [-0.39, 0.29) is 17.3 Å². The lowest BCUT2D eigenvalue weighted by Gasteiger charge is -2.23. The zero-order valence-corrected chi connectivity index (χ0v) is 11.5. The van der Waals surface area contributed by atoms with Crippen LogP contribution in [0.25, 0.3) is 0 Å². The van der Waals surface area contributed by atoms with Gasteiger partial charge in [0.2, 0.25) is 0 Å². The highest BCUT2D eigenvalue weighted by Gasteiger charge is 2.40. The monoisotopic (exact) mass is 277 g/mol. The summed E-state index contributed by atoms with van der Waals surface area (Å²) >= 11 is 0. The van der Waals surface area contributed by atoms with Crippen molar-refractivity contribution in [3.05, 3.63) is 29.6 Å². The third-order valence-electron chi connectivity index (χ3n) is 3.87. The topological polar surface area (TPSA) is 46.6 Å². The minimum absolute atomic E-state index is 0.0854. The standard InChI is InChI=1S/C15H16FNO3/c1-15(2)6-5-10(20-15)8-17-12-4-3-9(16)7-11(12)13(18)14(17)19/h3-4,7,10H,5-6,8H2,1-2H3.